The molecule has 4 heteroatoms. The lowest BCUT2D eigenvalue weighted by molar-refractivity contribution is -0.170. The summed E-state index contributed by atoms with van der Waals surface area (Å²) in [6.45, 7) is 3.64. The lowest BCUT2D eigenvalue weighted by Crippen LogP contribution is -2.24. The number of unbranched alkanes of at least 4 members (excludes halogenated alkanes) is 6. The van der Waals surface area contributed by atoms with Gasteiger partial charge in [-0.15, -0.1) is 0 Å². The molecule has 1 heterocycles. The summed E-state index contributed by atoms with van der Waals surface area (Å²) in [6, 6.07) is 0. The lowest BCUT2D eigenvalue weighted by Gasteiger charge is -2.12. The maximum absolute atomic E-state index is 11.4. The molecule has 0 saturated carbocycles. The molecule has 0 amide bonds. The van der Waals surface area contributed by atoms with Gasteiger partial charge in [-0.05, 0) is 6.42 Å². The minimum atomic E-state index is -0.132. The van der Waals surface area contributed by atoms with E-state index in [-0.39, 0.29) is 5.97 Å². The number of hydrogen-bond donors (Lipinski definition) is 0. The Morgan fingerprint density at radius 3 is 2.59 bits per heavy atom. The van der Waals surface area contributed by atoms with Crippen LogP contribution in [0.3, 0.4) is 0 Å². The highest BCUT2D eigenvalue weighted by Gasteiger charge is 2.11. The van der Waals surface area contributed by atoms with Gasteiger partial charge in [0.25, 0.3) is 0 Å². The smallest absolute Gasteiger partial charge is 0.332 e. The fourth-order valence-corrected chi connectivity index (χ4v) is 1.83. The van der Waals surface area contributed by atoms with Crippen LogP contribution < -0.4 is 0 Å². The Morgan fingerprint density at radius 1 is 1.24 bits per heavy atom. The van der Waals surface area contributed by atoms with Crippen molar-refractivity contribution in [1.82, 2.24) is 5.06 Å². The molecule has 0 radical (unpaired) electrons. The van der Waals surface area contributed by atoms with Crippen LogP contribution in [0, 0.1) is 0 Å². The van der Waals surface area contributed by atoms with Gasteiger partial charge >= 0.3 is 5.97 Å². The van der Waals surface area contributed by atoms with Crippen LogP contribution in [0.25, 0.3) is 0 Å². The second-order valence-electron chi connectivity index (χ2n) is 4.50. The first-order valence-electron chi connectivity index (χ1n) is 6.80. The summed E-state index contributed by atoms with van der Waals surface area (Å²) in [7, 11) is 0. The third kappa shape index (κ3) is 6.97. The molecule has 0 spiro atoms. The zero-order chi connectivity index (χ0) is 12.3. The van der Waals surface area contributed by atoms with Crippen LogP contribution in [-0.2, 0) is 9.63 Å². The minimum absolute atomic E-state index is 0.132. The molecule has 0 aromatic rings. The van der Waals surface area contributed by atoms with Crippen molar-refractivity contribution in [3.05, 3.63) is 0 Å². The average molecular weight is 240 g/mol. The number of hydroxylamine groups is 2. The predicted molar refractivity (Wildman–Crippen MR) is 68.8 cm³/mol. The van der Waals surface area contributed by atoms with Crippen molar-refractivity contribution < 1.29 is 9.63 Å². The first-order chi connectivity index (χ1) is 8.33. The molecule has 1 rings (SSSR count). The number of carbonyl (C=O) groups excluding carboxylic acids is 1. The summed E-state index contributed by atoms with van der Waals surface area (Å²) in [6.07, 6.45) is 10.6. The van der Waals surface area contributed by atoms with Crippen molar-refractivity contribution in [2.24, 2.45) is 4.99 Å². The zero-order valence-corrected chi connectivity index (χ0v) is 10.9. The van der Waals surface area contributed by atoms with Gasteiger partial charge in [0, 0.05) is 6.42 Å². The molecule has 4 nitrogen and oxygen atoms in total. The summed E-state index contributed by atoms with van der Waals surface area (Å²) < 4.78 is 0. The Morgan fingerprint density at radius 2 is 1.94 bits per heavy atom. The van der Waals surface area contributed by atoms with E-state index in [1.54, 1.807) is 6.34 Å². The molecule has 0 fully saturated rings. The number of hydrogen-bond acceptors (Lipinski definition) is 4. The molecular formula is C13H24N2O2. The molecule has 0 N–H and O–H groups in total. The van der Waals surface area contributed by atoms with E-state index >= 15 is 0 Å². The summed E-state index contributed by atoms with van der Waals surface area (Å²) in [5.74, 6) is -0.132. The van der Waals surface area contributed by atoms with Crippen molar-refractivity contribution in [2.75, 3.05) is 13.1 Å². The SMILES string of the molecule is CCCCCCCCCC(=O)ON1C=NCC1. The summed E-state index contributed by atoms with van der Waals surface area (Å²) in [4.78, 5) is 20.5. The van der Waals surface area contributed by atoms with Gasteiger partial charge in [-0.1, -0.05) is 45.4 Å². The fourth-order valence-electron chi connectivity index (χ4n) is 1.83. The van der Waals surface area contributed by atoms with Gasteiger partial charge in [0.1, 0.15) is 6.34 Å². The van der Waals surface area contributed by atoms with Crippen molar-refractivity contribution in [1.29, 1.82) is 0 Å². The third-order valence-corrected chi connectivity index (χ3v) is 2.86. The molecule has 0 unspecified atom stereocenters. The molecule has 0 aromatic heterocycles. The van der Waals surface area contributed by atoms with Gasteiger partial charge in [-0.3, -0.25) is 4.99 Å². The molecular weight excluding hydrogens is 216 g/mol. The normalized spacial score (nSPS) is 14.3. The van der Waals surface area contributed by atoms with Crippen LogP contribution >= 0.6 is 0 Å². The largest absolute Gasteiger partial charge is 0.340 e. The molecule has 0 bridgehead atoms. The highest BCUT2D eigenvalue weighted by molar-refractivity contribution is 5.70. The van der Waals surface area contributed by atoms with Crippen molar-refractivity contribution in [3.8, 4) is 0 Å². The first-order valence-corrected chi connectivity index (χ1v) is 6.80. The summed E-state index contributed by atoms with van der Waals surface area (Å²) >= 11 is 0. The second-order valence-corrected chi connectivity index (χ2v) is 4.50. The van der Waals surface area contributed by atoms with E-state index in [1.165, 1.54) is 37.2 Å². The standard InChI is InChI=1S/C13H24N2O2/c1-2-3-4-5-6-7-8-9-13(16)17-15-11-10-14-12-15/h12H,2-11H2,1H3. The summed E-state index contributed by atoms with van der Waals surface area (Å²) in [5.41, 5.74) is 0. The topological polar surface area (TPSA) is 41.9 Å². The van der Waals surface area contributed by atoms with E-state index in [1.807, 2.05) is 0 Å². The Bertz CT molecular complexity index is 242. The van der Waals surface area contributed by atoms with E-state index in [0.717, 1.165) is 19.4 Å². The Balaban J connectivity index is 1.88. The quantitative estimate of drug-likeness (QED) is 0.582. The van der Waals surface area contributed by atoms with Crippen LogP contribution in [0.1, 0.15) is 58.3 Å². The monoisotopic (exact) mass is 240 g/mol. The van der Waals surface area contributed by atoms with Gasteiger partial charge in [0.2, 0.25) is 0 Å². The minimum Gasteiger partial charge on any atom is -0.340 e. The Labute approximate surface area is 104 Å². The Kier molecular flexibility index (Phi) is 7.43. The van der Waals surface area contributed by atoms with Crippen LogP contribution in [0.5, 0.6) is 0 Å². The molecule has 17 heavy (non-hydrogen) atoms. The molecule has 98 valence electrons. The van der Waals surface area contributed by atoms with E-state index in [0.29, 0.717) is 13.0 Å². The van der Waals surface area contributed by atoms with Crippen LogP contribution in [0.15, 0.2) is 4.99 Å². The predicted octanol–water partition coefficient (Wildman–Crippen LogP) is 2.93. The third-order valence-electron chi connectivity index (χ3n) is 2.86. The molecule has 1 aliphatic heterocycles. The van der Waals surface area contributed by atoms with Crippen molar-refractivity contribution >= 4 is 12.3 Å². The molecule has 0 saturated heterocycles. The van der Waals surface area contributed by atoms with E-state index < -0.39 is 0 Å². The van der Waals surface area contributed by atoms with Gasteiger partial charge in [0.15, 0.2) is 0 Å². The van der Waals surface area contributed by atoms with E-state index in [9.17, 15) is 4.79 Å². The lowest BCUT2D eigenvalue weighted by atomic mass is 10.1. The molecule has 1 aliphatic rings. The number of nitrogens with zero attached hydrogens (tertiary/aromatic N) is 2. The maximum Gasteiger partial charge on any atom is 0.332 e. The Hall–Kier alpha value is -1.06. The maximum atomic E-state index is 11.4. The van der Waals surface area contributed by atoms with E-state index in [4.69, 9.17) is 4.84 Å². The number of aliphatic imine (C=N–C) groups is 1. The number of rotatable bonds is 9. The van der Waals surface area contributed by atoms with Crippen LogP contribution in [-0.4, -0.2) is 30.5 Å². The first kappa shape index (κ1) is 14.0. The van der Waals surface area contributed by atoms with Gasteiger partial charge in [-0.25, -0.2) is 4.79 Å². The van der Waals surface area contributed by atoms with Crippen LogP contribution in [0.4, 0.5) is 0 Å². The number of carbonyl (C=O) groups is 1. The van der Waals surface area contributed by atoms with Gasteiger partial charge < -0.3 is 4.84 Å². The second kappa shape index (κ2) is 9.02. The van der Waals surface area contributed by atoms with Crippen molar-refractivity contribution in [3.63, 3.8) is 0 Å². The van der Waals surface area contributed by atoms with Gasteiger partial charge in [0.05, 0.1) is 13.1 Å². The molecule has 0 atom stereocenters. The highest BCUT2D eigenvalue weighted by atomic mass is 16.7. The molecule has 0 aliphatic carbocycles. The zero-order valence-electron chi connectivity index (χ0n) is 10.9. The molecule has 0 aromatic carbocycles. The highest BCUT2D eigenvalue weighted by Crippen LogP contribution is 2.09. The van der Waals surface area contributed by atoms with E-state index in [2.05, 4.69) is 11.9 Å². The van der Waals surface area contributed by atoms with Crippen LogP contribution in [0.2, 0.25) is 0 Å². The fraction of sp³-hybridized carbons (Fsp3) is 0.846. The summed E-state index contributed by atoms with van der Waals surface area (Å²) in [5, 5.41) is 1.52. The van der Waals surface area contributed by atoms with Gasteiger partial charge in [-0.2, -0.15) is 5.06 Å². The van der Waals surface area contributed by atoms with Crippen molar-refractivity contribution in [2.45, 2.75) is 58.3 Å². The average Bonchev–Trinajstić information content (AvgIpc) is 2.80.